The molecule has 0 bridgehead atoms. The Kier molecular flexibility index (Phi) is 6.77. The number of hydrogen-bond donors (Lipinski definition) is 2. The van der Waals surface area contributed by atoms with Gasteiger partial charge in [0, 0.05) is 35.9 Å². The van der Waals surface area contributed by atoms with E-state index in [2.05, 4.69) is 5.32 Å². The third kappa shape index (κ3) is 4.62. The van der Waals surface area contributed by atoms with Crippen LogP contribution in [0.25, 0.3) is 0 Å². The van der Waals surface area contributed by atoms with Gasteiger partial charge in [-0.2, -0.15) is 0 Å². The van der Waals surface area contributed by atoms with Gasteiger partial charge in [-0.15, -0.1) is 12.4 Å². The summed E-state index contributed by atoms with van der Waals surface area (Å²) in [6.45, 7) is 3.27. The number of nitrogens with one attached hydrogen (secondary N) is 1. The van der Waals surface area contributed by atoms with Crippen LogP contribution in [0.5, 0.6) is 0 Å². The third-order valence-electron chi connectivity index (χ3n) is 4.60. The first kappa shape index (κ1) is 19.9. The number of piperidine rings is 1. The molecule has 1 saturated heterocycles. The Hall–Kier alpha value is -2.37. The normalized spacial score (nSPS) is 14.5. The topological polar surface area (TPSA) is 75.4 Å². The minimum absolute atomic E-state index is 0. The predicted octanol–water partition coefficient (Wildman–Crippen LogP) is 3.23. The molecule has 0 radical (unpaired) electrons. The van der Waals surface area contributed by atoms with Crippen molar-refractivity contribution in [1.82, 2.24) is 4.90 Å². The molecule has 6 heteroatoms. The molecule has 1 aliphatic rings. The zero-order chi connectivity index (χ0) is 17.8. The van der Waals surface area contributed by atoms with Crippen LogP contribution in [0.4, 0.5) is 5.69 Å². The smallest absolute Gasteiger partial charge is 0.255 e. The van der Waals surface area contributed by atoms with Crippen LogP contribution in [0.15, 0.2) is 48.5 Å². The fourth-order valence-electron chi connectivity index (χ4n) is 2.96. The Morgan fingerprint density at radius 2 is 1.69 bits per heavy atom. The van der Waals surface area contributed by atoms with Crippen LogP contribution in [0.1, 0.15) is 39.1 Å². The summed E-state index contributed by atoms with van der Waals surface area (Å²) in [4.78, 5) is 26.9. The molecular weight excluding hydrogens is 350 g/mol. The highest BCUT2D eigenvalue weighted by Gasteiger charge is 2.22. The summed E-state index contributed by atoms with van der Waals surface area (Å²) in [6, 6.07) is 14.6. The van der Waals surface area contributed by atoms with Crippen molar-refractivity contribution < 1.29 is 9.59 Å². The van der Waals surface area contributed by atoms with Crippen molar-refractivity contribution in [2.45, 2.75) is 25.8 Å². The first-order valence-electron chi connectivity index (χ1n) is 8.56. The van der Waals surface area contributed by atoms with Gasteiger partial charge < -0.3 is 16.0 Å². The predicted molar refractivity (Wildman–Crippen MR) is 106 cm³/mol. The Morgan fingerprint density at radius 1 is 1.04 bits per heavy atom. The fourth-order valence-corrected chi connectivity index (χ4v) is 2.96. The summed E-state index contributed by atoms with van der Waals surface area (Å²) in [6.07, 6.45) is 1.66. The number of carbonyl (C=O) groups is 2. The van der Waals surface area contributed by atoms with Crippen molar-refractivity contribution in [2.24, 2.45) is 5.73 Å². The van der Waals surface area contributed by atoms with Crippen LogP contribution in [0, 0.1) is 6.92 Å². The van der Waals surface area contributed by atoms with E-state index in [0.717, 1.165) is 18.4 Å². The van der Waals surface area contributed by atoms with Gasteiger partial charge in [-0.25, -0.2) is 0 Å². The van der Waals surface area contributed by atoms with Gasteiger partial charge in [-0.3, -0.25) is 9.59 Å². The van der Waals surface area contributed by atoms with Crippen LogP contribution in [-0.4, -0.2) is 35.8 Å². The molecular formula is C20H24ClN3O2. The molecule has 0 aliphatic carbocycles. The van der Waals surface area contributed by atoms with Crippen LogP contribution < -0.4 is 11.1 Å². The highest BCUT2D eigenvalue weighted by atomic mass is 35.5. The first-order chi connectivity index (χ1) is 12.0. The van der Waals surface area contributed by atoms with Gasteiger partial charge in [0.05, 0.1) is 0 Å². The van der Waals surface area contributed by atoms with Crippen LogP contribution in [-0.2, 0) is 0 Å². The minimum atomic E-state index is -0.183. The lowest BCUT2D eigenvalue weighted by Crippen LogP contribution is -2.42. The van der Waals surface area contributed by atoms with Crippen molar-refractivity contribution in [3.63, 3.8) is 0 Å². The standard InChI is InChI=1S/C20H23N3O2.ClH/c1-14-7-8-16(20(25)23-11-9-17(21)10-12-23)13-18(14)22-19(24)15-5-3-2-4-6-15;/h2-8,13,17H,9-12,21H2,1H3,(H,22,24);1H. The van der Waals surface area contributed by atoms with Gasteiger partial charge in [0.25, 0.3) is 11.8 Å². The number of nitrogens with two attached hydrogens (primary N) is 1. The molecule has 1 heterocycles. The lowest BCUT2D eigenvalue weighted by atomic mass is 10.0. The Balaban J connectivity index is 0.00000243. The number of anilines is 1. The summed E-state index contributed by atoms with van der Waals surface area (Å²) in [5, 5.41) is 2.90. The Bertz CT molecular complexity index is 772. The number of likely N-dealkylation sites (tertiary alicyclic amines) is 1. The molecule has 3 rings (SSSR count). The number of aryl methyl sites for hydroxylation is 1. The molecule has 0 unspecified atom stereocenters. The lowest BCUT2D eigenvalue weighted by molar-refractivity contribution is 0.0714. The number of amides is 2. The number of benzene rings is 2. The second kappa shape index (κ2) is 8.83. The van der Waals surface area contributed by atoms with Crippen molar-refractivity contribution >= 4 is 29.9 Å². The maximum absolute atomic E-state index is 12.7. The first-order valence-corrected chi connectivity index (χ1v) is 8.56. The molecule has 0 saturated carbocycles. The summed E-state index contributed by atoms with van der Waals surface area (Å²) in [5.74, 6) is -0.195. The molecule has 1 fully saturated rings. The maximum atomic E-state index is 12.7. The maximum Gasteiger partial charge on any atom is 0.255 e. The second-order valence-electron chi connectivity index (χ2n) is 6.48. The number of carbonyl (C=O) groups excluding carboxylic acids is 2. The third-order valence-corrected chi connectivity index (χ3v) is 4.60. The van der Waals surface area contributed by atoms with Gasteiger partial charge in [-0.05, 0) is 49.6 Å². The molecule has 2 amide bonds. The van der Waals surface area contributed by atoms with E-state index in [-0.39, 0.29) is 30.3 Å². The molecule has 1 aliphatic heterocycles. The molecule has 138 valence electrons. The van der Waals surface area contributed by atoms with E-state index in [1.807, 2.05) is 42.2 Å². The average molecular weight is 374 g/mol. The SMILES string of the molecule is Cc1ccc(C(=O)N2CCC(N)CC2)cc1NC(=O)c1ccccc1.Cl. The summed E-state index contributed by atoms with van der Waals surface area (Å²) >= 11 is 0. The lowest BCUT2D eigenvalue weighted by Gasteiger charge is -2.30. The Morgan fingerprint density at radius 3 is 2.35 bits per heavy atom. The van der Waals surface area contributed by atoms with Crippen molar-refractivity contribution in [1.29, 1.82) is 0 Å². The van der Waals surface area contributed by atoms with Gasteiger partial charge in [0.1, 0.15) is 0 Å². The van der Waals surface area contributed by atoms with Crippen molar-refractivity contribution in [3.05, 3.63) is 65.2 Å². The number of halogens is 1. The van der Waals surface area contributed by atoms with E-state index in [0.29, 0.717) is 29.9 Å². The fraction of sp³-hybridized carbons (Fsp3) is 0.300. The summed E-state index contributed by atoms with van der Waals surface area (Å²) < 4.78 is 0. The average Bonchev–Trinajstić information content (AvgIpc) is 2.64. The van der Waals surface area contributed by atoms with Crippen LogP contribution in [0.2, 0.25) is 0 Å². The van der Waals surface area contributed by atoms with Crippen molar-refractivity contribution in [2.75, 3.05) is 18.4 Å². The number of hydrogen-bond acceptors (Lipinski definition) is 3. The van der Waals surface area contributed by atoms with Gasteiger partial charge in [0.2, 0.25) is 0 Å². The largest absolute Gasteiger partial charge is 0.339 e. The van der Waals surface area contributed by atoms with E-state index in [4.69, 9.17) is 5.73 Å². The van der Waals surface area contributed by atoms with E-state index in [1.54, 1.807) is 18.2 Å². The molecule has 0 spiro atoms. The molecule has 5 nitrogen and oxygen atoms in total. The van der Waals surface area contributed by atoms with Gasteiger partial charge >= 0.3 is 0 Å². The molecule has 26 heavy (non-hydrogen) atoms. The minimum Gasteiger partial charge on any atom is -0.339 e. The van der Waals surface area contributed by atoms with Gasteiger partial charge in [-0.1, -0.05) is 24.3 Å². The Labute approximate surface area is 160 Å². The van der Waals surface area contributed by atoms with E-state index >= 15 is 0 Å². The van der Waals surface area contributed by atoms with Crippen LogP contribution in [0.3, 0.4) is 0 Å². The zero-order valence-corrected chi connectivity index (χ0v) is 15.6. The molecule has 0 atom stereocenters. The zero-order valence-electron chi connectivity index (χ0n) is 14.8. The quantitative estimate of drug-likeness (QED) is 0.867. The summed E-state index contributed by atoms with van der Waals surface area (Å²) in [7, 11) is 0. The second-order valence-corrected chi connectivity index (χ2v) is 6.48. The van der Waals surface area contributed by atoms with Gasteiger partial charge in [0.15, 0.2) is 0 Å². The summed E-state index contributed by atoms with van der Waals surface area (Å²) in [5.41, 5.74) is 8.66. The highest BCUT2D eigenvalue weighted by molar-refractivity contribution is 6.05. The van der Waals surface area contributed by atoms with E-state index < -0.39 is 0 Å². The number of nitrogens with zero attached hydrogens (tertiary/aromatic N) is 1. The molecule has 0 aromatic heterocycles. The molecule has 2 aromatic carbocycles. The molecule has 2 aromatic rings. The number of rotatable bonds is 3. The van der Waals surface area contributed by atoms with E-state index in [9.17, 15) is 9.59 Å². The van der Waals surface area contributed by atoms with Crippen LogP contribution >= 0.6 is 12.4 Å². The van der Waals surface area contributed by atoms with Crippen molar-refractivity contribution in [3.8, 4) is 0 Å². The van der Waals surface area contributed by atoms with E-state index in [1.165, 1.54) is 0 Å². The molecule has 3 N–H and O–H groups in total. The highest BCUT2D eigenvalue weighted by Crippen LogP contribution is 2.20. The monoisotopic (exact) mass is 373 g/mol.